The molecule has 2 aromatic rings. The van der Waals surface area contributed by atoms with Gasteiger partial charge in [-0.05, 0) is 42.7 Å². The molecule has 0 fully saturated rings. The lowest BCUT2D eigenvalue weighted by atomic mass is 10.2. The summed E-state index contributed by atoms with van der Waals surface area (Å²) in [5.74, 6) is 0. The number of nitrogens with one attached hydrogen (secondary N) is 1. The molecule has 0 aliphatic rings. The van der Waals surface area contributed by atoms with Gasteiger partial charge < -0.3 is 4.90 Å². The van der Waals surface area contributed by atoms with Crippen LogP contribution in [0.1, 0.15) is 32.3 Å². The molecule has 0 radical (unpaired) electrons. The molecular formula is C19H25N3. The summed E-state index contributed by atoms with van der Waals surface area (Å²) in [7, 11) is 0. The molecule has 3 nitrogen and oxygen atoms in total. The van der Waals surface area contributed by atoms with Crippen molar-refractivity contribution in [2.45, 2.75) is 26.7 Å². The number of anilines is 2. The number of benzene rings is 2. The van der Waals surface area contributed by atoms with E-state index < -0.39 is 0 Å². The van der Waals surface area contributed by atoms with E-state index in [1.165, 1.54) is 18.5 Å². The van der Waals surface area contributed by atoms with Crippen LogP contribution < -0.4 is 10.3 Å². The van der Waals surface area contributed by atoms with Gasteiger partial charge in [0, 0.05) is 18.8 Å². The van der Waals surface area contributed by atoms with E-state index in [1.54, 1.807) is 0 Å². The maximum Gasteiger partial charge on any atom is 0.0561 e. The highest BCUT2D eigenvalue weighted by atomic mass is 15.3. The largest absolute Gasteiger partial charge is 0.372 e. The fraction of sp³-hybridized carbons (Fsp3) is 0.316. The Labute approximate surface area is 133 Å². The SMILES string of the molecule is CCCN(CCC)c1ccc(C=NNc2ccccc2)cc1. The molecule has 2 rings (SSSR count). The summed E-state index contributed by atoms with van der Waals surface area (Å²) in [6.07, 6.45) is 4.19. The summed E-state index contributed by atoms with van der Waals surface area (Å²) in [6.45, 7) is 6.66. The van der Waals surface area contributed by atoms with Crippen LogP contribution in [0.15, 0.2) is 59.7 Å². The molecule has 0 heterocycles. The molecule has 0 amide bonds. The minimum absolute atomic E-state index is 0.993. The highest BCUT2D eigenvalue weighted by molar-refractivity contribution is 5.81. The van der Waals surface area contributed by atoms with Gasteiger partial charge in [-0.25, -0.2) is 0 Å². The lowest BCUT2D eigenvalue weighted by Crippen LogP contribution is -2.24. The van der Waals surface area contributed by atoms with Gasteiger partial charge >= 0.3 is 0 Å². The molecule has 0 saturated carbocycles. The zero-order valence-electron chi connectivity index (χ0n) is 13.5. The Kier molecular flexibility index (Phi) is 6.49. The molecule has 22 heavy (non-hydrogen) atoms. The number of para-hydroxylation sites is 1. The van der Waals surface area contributed by atoms with Crippen LogP contribution in [0.5, 0.6) is 0 Å². The van der Waals surface area contributed by atoms with Crippen molar-refractivity contribution < 1.29 is 0 Å². The van der Waals surface area contributed by atoms with Gasteiger partial charge in [0.2, 0.25) is 0 Å². The van der Waals surface area contributed by atoms with E-state index in [2.05, 4.69) is 53.5 Å². The highest BCUT2D eigenvalue weighted by Gasteiger charge is 2.03. The second kappa shape index (κ2) is 8.88. The Balaban J connectivity index is 1.96. The second-order valence-electron chi connectivity index (χ2n) is 5.31. The highest BCUT2D eigenvalue weighted by Crippen LogP contribution is 2.15. The van der Waals surface area contributed by atoms with E-state index in [9.17, 15) is 0 Å². The quantitative estimate of drug-likeness (QED) is 0.561. The van der Waals surface area contributed by atoms with E-state index in [0.29, 0.717) is 0 Å². The normalized spacial score (nSPS) is 10.8. The van der Waals surface area contributed by atoms with E-state index >= 15 is 0 Å². The minimum atomic E-state index is 0.993. The third kappa shape index (κ3) is 4.92. The second-order valence-corrected chi connectivity index (χ2v) is 5.31. The zero-order chi connectivity index (χ0) is 15.6. The Morgan fingerprint density at radius 3 is 2.14 bits per heavy atom. The first-order valence-corrected chi connectivity index (χ1v) is 8.02. The average Bonchev–Trinajstić information content (AvgIpc) is 2.56. The van der Waals surface area contributed by atoms with Gasteiger partial charge in [-0.15, -0.1) is 0 Å². The van der Waals surface area contributed by atoms with Crippen molar-refractivity contribution in [2.75, 3.05) is 23.4 Å². The van der Waals surface area contributed by atoms with Crippen molar-refractivity contribution in [1.29, 1.82) is 0 Å². The van der Waals surface area contributed by atoms with Crippen LogP contribution in [-0.2, 0) is 0 Å². The first kappa shape index (κ1) is 16.1. The number of rotatable bonds is 8. The van der Waals surface area contributed by atoms with E-state index in [-0.39, 0.29) is 0 Å². The zero-order valence-corrected chi connectivity index (χ0v) is 13.5. The van der Waals surface area contributed by atoms with E-state index in [0.717, 1.165) is 24.3 Å². The van der Waals surface area contributed by atoms with Crippen molar-refractivity contribution in [3.63, 3.8) is 0 Å². The van der Waals surface area contributed by atoms with Crippen molar-refractivity contribution in [3.8, 4) is 0 Å². The molecule has 116 valence electrons. The molecule has 1 N–H and O–H groups in total. The standard InChI is InChI=1S/C19H25N3/c1-3-14-22(15-4-2)19-12-10-17(11-13-19)16-20-21-18-8-6-5-7-9-18/h5-13,16,21H,3-4,14-15H2,1-2H3. The lowest BCUT2D eigenvalue weighted by molar-refractivity contribution is 0.745. The van der Waals surface area contributed by atoms with Gasteiger partial charge in [0.15, 0.2) is 0 Å². The van der Waals surface area contributed by atoms with Crippen LogP contribution in [-0.4, -0.2) is 19.3 Å². The molecule has 0 atom stereocenters. The maximum atomic E-state index is 4.27. The summed E-state index contributed by atoms with van der Waals surface area (Å²) in [5.41, 5.74) is 6.41. The monoisotopic (exact) mass is 295 g/mol. The predicted molar refractivity (Wildman–Crippen MR) is 96.9 cm³/mol. The van der Waals surface area contributed by atoms with E-state index in [1.807, 2.05) is 36.5 Å². The lowest BCUT2D eigenvalue weighted by Gasteiger charge is -2.23. The molecule has 3 heteroatoms. The average molecular weight is 295 g/mol. The summed E-state index contributed by atoms with van der Waals surface area (Å²) in [4.78, 5) is 2.43. The summed E-state index contributed by atoms with van der Waals surface area (Å²) in [5, 5.41) is 4.27. The summed E-state index contributed by atoms with van der Waals surface area (Å²) >= 11 is 0. The smallest absolute Gasteiger partial charge is 0.0561 e. The van der Waals surface area contributed by atoms with Crippen LogP contribution >= 0.6 is 0 Å². The number of hydrogen-bond donors (Lipinski definition) is 1. The van der Waals surface area contributed by atoms with Crippen molar-refractivity contribution in [1.82, 2.24) is 0 Å². The molecular weight excluding hydrogens is 270 g/mol. The topological polar surface area (TPSA) is 27.6 Å². The number of hydrogen-bond acceptors (Lipinski definition) is 3. The molecule has 0 aliphatic heterocycles. The first-order chi connectivity index (χ1) is 10.8. The number of nitrogens with zero attached hydrogens (tertiary/aromatic N) is 2. The molecule has 0 aromatic heterocycles. The molecule has 0 spiro atoms. The third-order valence-electron chi connectivity index (χ3n) is 3.43. The summed E-state index contributed by atoms with van der Waals surface area (Å²) < 4.78 is 0. The minimum Gasteiger partial charge on any atom is -0.372 e. The van der Waals surface area contributed by atoms with Gasteiger partial charge in [-0.1, -0.05) is 44.2 Å². The van der Waals surface area contributed by atoms with Gasteiger partial charge in [-0.3, -0.25) is 5.43 Å². The van der Waals surface area contributed by atoms with Crippen LogP contribution in [0.4, 0.5) is 11.4 Å². The third-order valence-corrected chi connectivity index (χ3v) is 3.43. The molecule has 0 aliphatic carbocycles. The molecule has 0 bridgehead atoms. The molecule has 0 unspecified atom stereocenters. The van der Waals surface area contributed by atoms with Gasteiger partial charge in [0.05, 0.1) is 11.9 Å². The van der Waals surface area contributed by atoms with Gasteiger partial charge in [-0.2, -0.15) is 5.10 Å². The van der Waals surface area contributed by atoms with Crippen molar-refractivity contribution in [2.24, 2.45) is 5.10 Å². The summed E-state index contributed by atoms with van der Waals surface area (Å²) in [6, 6.07) is 18.5. The Hall–Kier alpha value is -2.29. The van der Waals surface area contributed by atoms with Crippen LogP contribution in [0.3, 0.4) is 0 Å². The number of hydrazone groups is 1. The first-order valence-electron chi connectivity index (χ1n) is 8.02. The van der Waals surface area contributed by atoms with Crippen molar-refractivity contribution in [3.05, 3.63) is 60.2 Å². The van der Waals surface area contributed by atoms with Gasteiger partial charge in [0.25, 0.3) is 0 Å². The maximum absolute atomic E-state index is 4.27. The molecule has 0 saturated heterocycles. The molecule has 2 aromatic carbocycles. The predicted octanol–water partition coefficient (Wildman–Crippen LogP) is 4.76. The van der Waals surface area contributed by atoms with E-state index in [4.69, 9.17) is 0 Å². The fourth-order valence-electron chi connectivity index (χ4n) is 2.38. The van der Waals surface area contributed by atoms with Crippen LogP contribution in [0.25, 0.3) is 0 Å². The van der Waals surface area contributed by atoms with Crippen molar-refractivity contribution >= 4 is 17.6 Å². The Morgan fingerprint density at radius 2 is 1.55 bits per heavy atom. The Morgan fingerprint density at radius 1 is 0.909 bits per heavy atom. The Bertz CT molecular complexity index is 555. The van der Waals surface area contributed by atoms with Crippen LogP contribution in [0, 0.1) is 0 Å². The van der Waals surface area contributed by atoms with Crippen LogP contribution in [0.2, 0.25) is 0 Å². The van der Waals surface area contributed by atoms with Gasteiger partial charge in [0.1, 0.15) is 0 Å². The fourth-order valence-corrected chi connectivity index (χ4v) is 2.38.